The monoisotopic (exact) mass is 608 g/mol. The molecular formula is C28H33O13P. The predicted molar refractivity (Wildman–Crippen MR) is 143 cm³/mol. The normalized spacial score (nSPS) is 22.0. The van der Waals surface area contributed by atoms with Gasteiger partial charge in [0.2, 0.25) is 12.4 Å². The quantitative estimate of drug-likeness (QED) is 0.184. The average molecular weight is 609 g/mol. The Morgan fingerprint density at radius 2 is 1.05 bits per heavy atom. The van der Waals surface area contributed by atoms with Gasteiger partial charge in [-0.1, -0.05) is 60.7 Å². The van der Waals surface area contributed by atoms with Crippen molar-refractivity contribution in [2.24, 2.45) is 0 Å². The Balaban J connectivity index is 1.89. The van der Waals surface area contributed by atoms with Gasteiger partial charge in [0.15, 0.2) is 12.2 Å². The van der Waals surface area contributed by atoms with E-state index in [2.05, 4.69) is 0 Å². The molecule has 1 saturated heterocycles. The molecule has 5 atom stereocenters. The van der Waals surface area contributed by atoms with Crippen molar-refractivity contribution in [1.82, 2.24) is 0 Å². The summed E-state index contributed by atoms with van der Waals surface area (Å²) in [7, 11) is -4.33. The molecule has 0 radical (unpaired) electrons. The molecule has 0 N–H and O–H groups in total. The first kappa shape index (κ1) is 32.9. The molecule has 1 heterocycles. The maximum absolute atomic E-state index is 13.8. The molecule has 14 heteroatoms. The zero-order valence-corrected chi connectivity index (χ0v) is 24.4. The molecule has 0 spiro atoms. The zero-order chi connectivity index (χ0) is 30.7. The summed E-state index contributed by atoms with van der Waals surface area (Å²) in [6, 6.07) is 17.7. The molecule has 3 rings (SSSR count). The van der Waals surface area contributed by atoms with Crippen molar-refractivity contribution in [2.45, 2.75) is 71.6 Å². The van der Waals surface area contributed by atoms with E-state index in [4.69, 9.17) is 37.3 Å². The number of phosphoric ester groups is 1. The summed E-state index contributed by atoms with van der Waals surface area (Å²) in [6.07, 6.45) is -7.41. The van der Waals surface area contributed by atoms with E-state index in [0.29, 0.717) is 11.1 Å². The smallest absolute Gasteiger partial charge is 0.456 e. The number of benzene rings is 2. The Bertz CT molecular complexity index is 1210. The van der Waals surface area contributed by atoms with Gasteiger partial charge in [0.25, 0.3) is 0 Å². The van der Waals surface area contributed by atoms with Crippen LogP contribution in [0.15, 0.2) is 60.7 Å². The molecule has 2 aromatic rings. The highest BCUT2D eigenvalue weighted by molar-refractivity contribution is 7.48. The number of carbonyl (C=O) groups excluding carboxylic acids is 4. The van der Waals surface area contributed by atoms with Gasteiger partial charge in [-0.2, -0.15) is 0 Å². The Kier molecular flexibility index (Phi) is 12.2. The molecule has 1 aliphatic heterocycles. The van der Waals surface area contributed by atoms with E-state index >= 15 is 0 Å². The highest BCUT2D eigenvalue weighted by Gasteiger charge is 2.54. The van der Waals surface area contributed by atoms with Crippen molar-refractivity contribution >= 4 is 31.7 Å². The van der Waals surface area contributed by atoms with E-state index in [-0.39, 0.29) is 13.2 Å². The highest BCUT2D eigenvalue weighted by Crippen LogP contribution is 2.51. The average Bonchev–Trinajstić information content (AvgIpc) is 2.93. The maximum atomic E-state index is 13.8. The number of ether oxygens (including phenoxy) is 5. The van der Waals surface area contributed by atoms with Crippen molar-refractivity contribution in [1.29, 1.82) is 0 Å². The Morgan fingerprint density at radius 3 is 1.50 bits per heavy atom. The van der Waals surface area contributed by atoms with Gasteiger partial charge < -0.3 is 23.7 Å². The fraction of sp³-hybridized carbons (Fsp3) is 0.429. The summed E-state index contributed by atoms with van der Waals surface area (Å²) in [6.45, 7) is 3.47. The standard InChI is InChI=1S/C28H33O13P/c1-18(29)37-25-24(41-28(40-21(4)32)27(39-20(3)31)26(25)38-19(2)30)17-36-42(33,34-15-22-11-7-5-8-12-22)35-16-23-13-9-6-10-14-23/h5-14,24-28H,15-17H2,1-4H3/t24-,25-,26+,27+,28+/m1/s1. The molecule has 0 aliphatic carbocycles. The Labute approximate surface area is 242 Å². The lowest BCUT2D eigenvalue weighted by atomic mass is 9.98. The van der Waals surface area contributed by atoms with E-state index in [9.17, 15) is 23.7 Å². The van der Waals surface area contributed by atoms with Crippen LogP contribution in [0.1, 0.15) is 38.8 Å². The SMILES string of the molecule is CC(=O)O[C@H]1O[C@H](COP(=O)(OCc2ccccc2)OCc2ccccc2)[C@@H](OC(C)=O)[C@H](OC(C)=O)[C@@H]1OC(C)=O. The number of carbonyl (C=O) groups is 4. The van der Waals surface area contributed by atoms with Gasteiger partial charge in [0.05, 0.1) is 19.8 Å². The molecule has 228 valence electrons. The van der Waals surface area contributed by atoms with Crippen LogP contribution in [0.4, 0.5) is 0 Å². The van der Waals surface area contributed by atoms with Crippen molar-refractivity contribution in [2.75, 3.05) is 6.61 Å². The number of hydrogen-bond donors (Lipinski definition) is 0. The van der Waals surface area contributed by atoms with Crippen LogP contribution >= 0.6 is 7.82 Å². The lowest BCUT2D eigenvalue weighted by Crippen LogP contribution is -2.63. The molecule has 1 fully saturated rings. The molecule has 0 aromatic heterocycles. The minimum atomic E-state index is -4.33. The molecule has 2 aromatic carbocycles. The van der Waals surface area contributed by atoms with E-state index in [1.54, 1.807) is 48.5 Å². The van der Waals surface area contributed by atoms with E-state index < -0.39 is 69.0 Å². The van der Waals surface area contributed by atoms with Gasteiger partial charge in [-0.05, 0) is 11.1 Å². The van der Waals surface area contributed by atoms with Gasteiger partial charge in [-0.25, -0.2) is 4.57 Å². The molecule has 0 saturated carbocycles. The number of hydrogen-bond acceptors (Lipinski definition) is 13. The first-order chi connectivity index (χ1) is 20.0. The third-order valence-electron chi connectivity index (χ3n) is 5.64. The van der Waals surface area contributed by atoms with Gasteiger partial charge in [0, 0.05) is 27.7 Å². The van der Waals surface area contributed by atoms with E-state index in [0.717, 1.165) is 27.7 Å². The van der Waals surface area contributed by atoms with Crippen LogP contribution in [0.25, 0.3) is 0 Å². The highest BCUT2D eigenvalue weighted by atomic mass is 31.2. The minimum absolute atomic E-state index is 0.132. The van der Waals surface area contributed by atoms with Crippen LogP contribution in [0.5, 0.6) is 0 Å². The first-order valence-corrected chi connectivity index (χ1v) is 14.4. The number of esters is 4. The van der Waals surface area contributed by atoms with Gasteiger partial charge in [-0.3, -0.25) is 32.7 Å². The van der Waals surface area contributed by atoms with Gasteiger partial charge in [-0.15, -0.1) is 0 Å². The van der Waals surface area contributed by atoms with E-state index in [1.807, 2.05) is 12.1 Å². The van der Waals surface area contributed by atoms with E-state index in [1.165, 1.54) is 0 Å². The second-order valence-electron chi connectivity index (χ2n) is 9.14. The topological polar surface area (TPSA) is 159 Å². The predicted octanol–water partition coefficient (Wildman–Crippen LogP) is 3.63. The van der Waals surface area contributed by atoms with Crippen molar-refractivity contribution < 1.29 is 61.0 Å². The molecule has 13 nitrogen and oxygen atoms in total. The molecule has 1 aliphatic rings. The van der Waals surface area contributed by atoms with Crippen LogP contribution in [-0.4, -0.2) is 61.2 Å². The second kappa shape index (κ2) is 15.6. The van der Waals surface area contributed by atoms with Crippen LogP contribution in [0, 0.1) is 0 Å². The summed E-state index contributed by atoms with van der Waals surface area (Å²) in [5, 5.41) is 0. The Morgan fingerprint density at radius 1 is 0.619 bits per heavy atom. The summed E-state index contributed by atoms with van der Waals surface area (Å²) in [5.74, 6) is -3.25. The van der Waals surface area contributed by atoms with Crippen molar-refractivity contribution in [3.8, 4) is 0 Å². The molecule has 0 unspecified atom stereocenters. The van der Waals surface area contributed by atoms with Crippen LogP contribution < -0.4 is 0 Å². The molecule has 0 amide bonds. The largest absolute Gasteiger partial charge is 0.475 e. The summed E-state index contributed by atoms with van der Waals surface area (Å²) < 4.78 is 57.6. The zero-order valence-electron chi connectivity index (χ0n) is 23.5. The molecule has 0 bridgehead atoms. The molecular weight excluding hydrogens is 575 g/mol. The lowest BCUT2D eigenvalue weighted by Gasteiger charge is -2.43. The molecule has 42 heavy (non-hydrogen) atoms. The third kappa shape index (κ3) is 10.3. The summed E-state index contributed by atoms with van der Waals surface area (Å²) >= 11 is 0. The van der Waals surface area contributed by atoms with Gasteiger partial charge in [0.1, 0.15) is 6.10 Å². The maximum Gasteiger partial charge on any atom is 0.475 e. The second-order valence-corrected chi connectivity index (χ2v) is 10.8. The Hall–Kier alpha value is -3.61. The fourth-order valence-electron chi connectivity index (χ4n) is 3.98. The summed E-state index contributed by atoms with van der Waals surface area (Å²) in [4.78, 5) is 47.7. The minimum Gasteiger partial charge on any atom is -0.456 e. The number of phosphoric acid groups is 1. The van der Waals surface area contributed by atoms with Crippen LogP contribution in [0.2, 0.25) is 0 Å². The first-order valence-electron chi connectivity index (χ1n) is 12.9. The third-order valence-corrected chi connectivity index (χ3v) is 7.00. The van der Waals surface area contributed by atoms with Crippen molar-refractivity contribution in [3.05, 3.63) is 71.8 Å². The lowest BCUT2D eigenvalue weighted by molar-refractivity contribution is -0.299. The van der Waals surface area contributed by atoms with Crippen molar-refractivity contribution in [3.63, 3.8) is 0 Å². The summed E-state index contributed by atoms with van der Waals surface area (Å²) in [5.41, 5.74) is 1.37. The fourth-order valence-corrected chi connectivity index (χ4v) is 5.15. The van der Waals surface area contributed by atoms with Gasteiger partial charge >= 0.3 is 31.7 Å². The van der Waals surface area contributed by atoms with Crippen LogP contribution in [-0.2, 0) is 74.2 Å². The number of rotatable bonds is 13. The van der Waals surface area contributed by atoms with Crippen LogP contribution in [0.3, 0.4) is 0 Å².